The molecule has 0 amide bonds. The van der Waals surface area contributed by atoms with Gasteiger partial charge in [-0.1, -0.05) is 42.6 Å². The SMILES string of the molecule is CCCc1[nH]nc2c1C(c1c(C)nn(-c3ccc(C)cc3)c1Cl)C(C#N)=C(N)O2. The van der Waals surface area contributed by atoms with E-state index in [0.717, 1.165) is 46.6 Å². The van der Waals surface area contributed by atoms with Crippen molar-refractivity contribution >= 4 is 11.6 Å². The first kappa shape index (κ1) is 19.1. The van der Waals surface area contributed by atoms with Gasteiger partial charge in [-0.3, -0.25) is 5.10 Å². The van der Waals surface area contributed by atoms with Gasteiger partial charge in [0.1, 0.15) is 16.8 Å². The fourth-order valence-electron chi connectivity index (χ4n) is 3.73. The van der Waals surface area contributed by atoms with E-state index in [-0.39, 0.29) is 5.88 Å². The minimum Gasteiger partial charge on any atom is -0.420 e. The number of benzene rings is 1. The van der Waals surface area contributed by atoms with E-state index in [4.69, 9.17) is 22.1 Å². The largest absolute Gasteiger partial charge is 0.420 e. The number of halogens is 1. The Morgan fingerprint density at radius 3 is 2.66 bits per heavy atom. The van der Waals surface area contributed by atoms with E-state index < -0.39 is 5.92 Å². The normalized spacial score (nSPS) is 15.8. The molecule has 3 aromatic rings. The highest BCUT2D eigenvalue weighted by atomic mass is 35.5. The van der Waals surface area contributed by atoms with Gasteiger partial charge in [-0.15, -0.1) is 5.10 Å². The van der Waals surface area contributed by atoms with E-state index in [1.807, 2.05) is 38.1 Å². The first-order valence-electron chi connectivity index (χ1n) is 9.43. The molecule has 0 fully saturated rings. The summed E-state index contributed by atoms with van der Waals surface area (Å²) >= 11 is 6.83. The summed E-state index contributed by atoms with van der Waals surface area (Å²) in [6, 6.07) is 10.1. The van der Waals surface area contributed by atoms with Crippen molar-refractivity contribution in [2.45, 2.75) is 39.5 Å². The van der Waals surface area contributed by atoms with Gasteiger partial charge >= 0.3 is 0 Å². The van der Waals surface area contributed by atoms with Crippen LogP contribution >= 0.6 is 11.6 Å². The summed E-state index contributed by atoms with van der Waals surface area (Å²) in [5.41, 5.74) is 11.5. The molecule has 1 unspecified atom stereocenters. The Bertz CT molecular complexity index is 1150. The molecule has 0 spiro atoms. The summed E-state index contributed by atoms with van der Waals surface area (Å²) < 4.78 is 7.31. The summed E-state index contributed by atoms with van der Waals surface area (Å²) in [5.74, 6) is -0.0673. The fraction of sp³-hybridized carbons (Fsp3) is 0.286. The van der Waals surface area contributed by atoms with Crippen LogP contribution in [0.4, 0.5) is 0 Å². The van der Waals surface area contributed by atoms with Crippen LogP contribution in [0, 0.1) is 25.2 Å². The lowest BCUT2D eigenvalue weighted by Gasteiger charge is -2.24. The molecule has 1 aliphatic rings. The van der Waals surface area contributed by atoms with Gasteiger partial charge in [-0.25, -0.2) is 4.68 Å². The van der Waals surface area contributed by atoms with E-state index >= 15 is 0 Å². The molecule has 0 saturated carbocycles. The zero-order chi connectivity index (χ0) is 20.7. The summed E-state index contributed by atoms with van der Waals surface area (Å²) in [6.45, 7) is 5.98. The van der Waals surface area contributed by atoms with Gasteiger partial charge in [-0.2, -0.15) is 10.4 Å². The van der Waals surface area contributed by atoms with Gasteiger partial charge in [0.2, 0.25) is 11.8 Å². The van der Waals surface area contributed by atoms with E-state index in [9.17, 15) is 5.26 Å². The number of aromatic nitrogens is 4. The third-order valence-corrected chi connectivity index (χ3v) is 5.50. The second-order valence-electron chi connectivity index (χ2n) is 7.13. The van der Waals surface area contributed by atoms with E-state index in [0.29, 0.717) is 16.6 Å². The summed E-state index contributed by atoms with van der Waals surface area (Å²) in [5, 5.41) is 22.2. The van der Waals surface area contributed by atoms with Crippen LogP contribution in [0.1, 0.15) is 47.3 Å². The van der Waals surface area contributed by atoms with Crippen molar-refractivity contribution in [2.75, 3.05) is 0 Å². The Morgan fingerprint density at radius 2 is 2.00 bits per heavy atom. The molecular weight excluding hydrogens is 388 g/mol. The molecule has 2 aromatic heterocycles. The van der Waals surface area contributed by atoms with Crippen LogP contribution < -0.4 is 10.5 Å². The molecule has 0 aliphatic carbocycles. The molecule has 3 N–H and O–H groups in total. The number of aromatic amines is 1. The zero-order valence-corrected chi connectivity index (χ0v) is 17.2. The number of hydrogen-bond donors (Lipinski definition) is 2. The maximum Gasteiger partial charge on any atom is 0.244 e. The van der Waals surface area contributed by atoms with Crippen molar-refractivity contribution in [3.8, 4) is 17.6 Å². The lowest BCUT2D eigenvalue weighted by atomic mass is 9.83. The van der Waals surface area contributed by atoms with Crippen LogP contribution in [0.2, 0.25) is 5.15 Å². The monoisotopic (exact) mass is 408 g/mol. The van der Waals surface area contributed by atoms with Gasteiger partial charge < -0.3 is 10.5 Å². The van der Waals surface area contributed by atoms with Crippen LogP contribution in [0.25, 0.3) is 5.69 Å². The highest BCUT2D eigenvalue weighted by molar-refractivity contribution is 6.30. The maximum atomic E-state index is 9.84. The molecule has 7 nitrogen and oxygen atoms in total. The van der Waals surface area contributed by atoms with Gasteiger partial charge in [-0.05, 0) is 32.4 Å². The lowest BCUT2D eigenvalue weighted by molar-refractivity contribution is 0.378. The molecule has 0 saturated heterocycles. The Kier molecular flexibility index (Phi) is 4.81. The topological polar surface area (TPSA) is 106 Å². The number of fused-ring (bicyclic) bond motifs is 1. The number of nitriles is 1. The fourth-order valence-corrected chi connectivity index (χ4v) is 4.12. The zero-order valence-electron chi connectivity index (χ0n) is 16.5. The molecule has 3 heterocycles. The molecule has 1 aliphatic heterocycles. The summed E-state index contributed by atoms with van der Waals surface area (Å²) in [4.78, 5) is 0. The van der Waals surface area contributed by atoms with Crippen molar-refractivity contribution in [3.05, 3.63) is 69.0 Å². The van der Waals surface area contributed by atoms with Crippen molar-refractivity contribution in [1.29, 1.82) is 5.26 Å². The van der Waals surface area contributed by atoms with Crippen LogP contribution in [0.5, 0.6) is 5.88 Å². The van der Waals surface area contributed by atoms with Crippen LogP contribution in [0.15, 0.2) is 35.7 Å². The number of nitrogens with one attached hydrogen (secondary N) is 1. The molecule has 29 heavy (non-hydrogen) atoms. The van der Waals surface area contributed by atoms with Crippen LogP contribution in [0.3, 0.4) is 0 Å². The molecule has 4 rings (SSSR count). The standard InChI is InChI=1S/C21H21ClN6O/c1-4-5-15-18-17(14(10-23)20(24)29-21(18)26-25-15)16-12(3)27-28(19(16)22)13-8-6-11(2)7-9-13/h6-9,17H,4-5,24H2,1-3H3,(H,25,26). The van der Waals surface area contributed by atoms with Gasteiger partial charge in [0, 0.05) is 11.3 Å². The number of allylic oxidation sites excluding steroid dienone is 1. The summed E-state index contributed by atoms with van der Waals surface area (Å²) in [6.07, 6.45) is 1.68. The van der Waals surface area contributed by atoms with Crippen LogP contribution in [-0.4, -0.2) is 20.0 Å². The number of rotatable bonds is 4. The first-order valence-corrected chi connectivity index (χ1v) is 9.80. The Balaban J connectivity index is 1.93. The predicted octanol–water partition coefficient (Wildman–Crippen LogP) is 4.04. The molecule has 148 valence electrons. The average molecular weight is 409 g/mol. The Labute approximate surface area is 173 Å². The molecular formula is C21H21ClN6O. The van der Waals surface area contributed by atoms with E-state index in [1.165, 1.54) is 0 Å². The third kappa shape index (κ3) is 3.06. The van der Waals surface area contributed by atoms with E-state index in [1.54, 1.807) is 4.68 Å². The van der Waals surface area contributed by atoms with Gasteiger partial charge in [0.05, 0.1) is 22.9 Å². The number of hydrogen-bond acceptors (Lipinski definition) is 5. The maximum absolute atomic E-state index is 9.84. The molecule has 1 atom stereocenters. The Hall–Kier alpha value is -3.24. The van der Waals surface area contributed by atoms with Crippen molar-refractivity contribution in [1.82, 2.24) is 20.0 Å². The third-order valence-electron chi connectivity index (χ3n) is 5.13. The molecule has 0 radical (unpaired) electrons. The number of nitrogens with zero attached hydrogens (tertiary/aromatic N) is 4. The minimum atomic E-state index is -0.490. The number of aryl methyl sites for hydroxylation is 3. The summed E-state index contributed by atoms with van der Waals surface area (Å²) in [7, 11) is 0. The van der Waals surface area contributed by atoms with Crippen LogP contribution in [-0.2, 0) is 6.42 Å². The smallest absolute Gasteiger partial charge is 0.244 e. The molecule has 8 heteroatoms. The van der Waals surface area contributed by atoms with Crippen molar-refractivity contribution < 1.29 is 4.74 Å². The number of nitrogens with two attached hydrogens (primary N) is 1. The minimum absolute atomic E-state index is 0.0399. The van der Waals surface area contributed by atoms with Gasteiger partial charge in [0.25, 0.3) is 0 Å². The number of H-pyrrole nitrogens is 1. The second kappa shape index (κ2) is 7.30. The van der Waals surface area contributed by atoms with Crippen molar-refractivity contribution in [3.63, 3.8) is 0 Å². The second-order valence-corrected chi connectivity index (χ2v) is 7.49. The van der Waals surface area contributed by atoms with E-state index in [2.05, 4.69) is 28.3 Å². The first-order chi connectivity index (χ1) is 14.0. The van der Waals surface area contributed by atoms with Gasteiger partial charge in [0.15, 0.2) is 0 Å². The highest BCUT2D eigenvalue weighted by Crippen LogP contribution is 2.46. The number of ether oxygens (including phenoxy) is 1. The quantitative estimate of drug-likeness (QED) is 0.677. The molecule has 1 aromatic carbocycles. The Morgan fingerprint density at radius 1 is 1.28 bits per heavy atom. The lowest BCUT2D eigenvalue weighted by Crippen LogP contribution is -2.21. The molecule has 0 bridgehead atoms. The highest BCUT2D eigenvalue weighted by Gasteiger charge is 2.38. The van der Waals surface area contributed by atoms with Crippen molar-refractivity contribution in [2.24, 2.45) is 5.73 Å². The predicted molar refractivity (Wildman–Crippen MR) is 110 cm³/mol. The average Bonchev–Trinajstić information content (AvgIpc) is 3.22.